The Labute approximate surface area is 136 Å². The molecule has 0 saturated heterocycles. The molecule has 1 saturated carbocycles. The van der Waals surface area contributed by atoms with Crippen LogP contribution in [-0.2, 0) is 9.53 Å². The number of nitrogens with one attached hydrogen (secondary N) is 1. The summed E-state index contributed by atoms with van der Waals surface area (Å²) >= 11 is 5.96. The zero-order valence-corrected chi connectivity index (χ0v) is 13.7. The van der Waals surface area contributed by atoms with Crippen LogP contribution in [0.3, 0.4) is 0 Å². The average Bonchev–Trinajstić information content (AvgIpc) is 2.49. The molecule has 1 amide bonds. The van der Waals surface area contributed by atoms with Gasteiger partial charge >= 0.3 is 5.97 Å². The van der Waals surface area contributed by atoms with Crippen LogP contribution in [0.4, 0.5) is 0 Å². The molecule has 120 valence electrons. The predicted octanol–water partition coefficient (Wildman–Crippen LogP) is 3.58. The van der Waals surface area contributed by atoms with Crippen molar-refractivity contribution >= 4 is 23.5 Å². The summed E-state index contributed by atoms with van der Waals surface area (Å²) in [5.74, 6) is -0.367. The molecule has 5 heteroatoms. The summed E-state index contributed by atoms with van der Waals surface area (Å²) in [5, 5.41) is 3.31. The molecule has 4 nitrogen and oxygen atoms in total. The first-order valence-electron chi connectivity index (χ1n) is 7.75. The first-order valence-corrected chi connectivity index (χ1v) is 8.12. The molecule has 22 heavy (non-hydrogen) atoms. The normalized spacial score (nSPS) is 22.7. The predicted molar refractivity (Wildman–Crippen MR) is 85.9 cm³/mol. The Balaban J connectivity index is 1.91. The highest BCUT2D eigenvalue weighted by molar-refractivity contribution is 6.33. The Kier molecular flexibility index (Phi) is 5.83. The molecule has 0 aliphatic heterocycles. The van der Waals surface area contributed by atoms with E-state index in [0.717, 1.165) is 19.3 Å². The monoisotopic (exact) mass is 323 g/mol. The van der Waals surface area contributed by atoms with Crippen LogP contribution < -0.4 is 5.32 Å². The van der Waals surface area contributed by atoms with Crippen LogP contribution in [0, 0.1) is 5.92 Å². The van der Waals surface area contributed by atoms with Gasteiger partial charge in [0.25, 0.3) is 5.91 Å². The van der Waals surface area contributed by atoms with Crippen LogP contribution in [0.1, 0.15) is 49.9 Å². The van der Waals surface area contributed by atoms with Crippen LogP contribution >= 0.6 is 11.6 Å². The van der Waals surface area contributed by atoms with E-state index in [9.17, 15) is 9.59 Å². The van der Waals surface area contributed by atoms with Crippen molar-refractivity contribution in [3.63, 3.8) is 0 Å². The van der Waals surface area contributed by atoms with Crippen molar-refractivity contribution in [1.82, 2.24) is 5.32 Å². The molecular formula is C17H22ClNO3. The van der Waals surface area contributed by atoms with Crippen molar-refractivity contribution in [2.45, 2.75) is 51.7 Å². The van der Waals surface area contributed by atoms with Crippen molar-refractivity contribution in [3.05, 3.63) is 34.9 Å². The minimum atomic E-state index is -0.835. The molecule has 0 aromatic heterocycles. The smallest absolute Gasteiger partial charge is 0.340 e. The summed E-state index contributed by atoms with van der Waals surface area (Å²) in [4.78, 5) is 24.2. The van der Waals surface area contributed by atoms with E-state index in [-0.39, 0.29) is 17.5 Å². The number of halogens is 1. The highest BCUT2D eigenvalue weighted by Crippen LogP contribution is 2.24. The van der Waals surface area contributed by atoms with Crippen LogP contribution in [0.25, 0.3) is 0 Å². The third kappa shape index (κ3) is 4.23. The number of carbonyl (C=O) groups excluding carboxylic acids is 2. The topological polar surface area (TPSA) is 55.4 Å². The quantitative estimate of drug-likeness (QED) is 0.862. The molecule has 1 N–H and O–H groups in total. The van der Waals surface area contributed by atoms with Gasteiger partial charge in [0.05, 0.1) is 10.6 Å². The van der Waals surface area contributed by atoms with E-state index >= 15 is 0 Å². The van der Waals surface area contributed by atoms with Gasteiger partial charge in [0.1, 0.15) is 0 Å². The molecule has 1 aromatic rings. The van der Waals surface area contributed by atoms with E-state index in [1.807, 2.05) is 0 Å². The van der Waals surface area contributed by atoms with Gasteiger partial charge in [-0.3, -0.25) is 4.79 Å². The Morgan fingerprint density at radius 1 is 1.27 bits per heavy atom. The first-order chi connectivity index (χ1) is 10.5. The summed E-state index contributed by atoms with van der Waals surface area (Å²) in [5.41, 5.74) is 0.273. The zero-order chi connectivity index (χ0) is 16.1. The second-order valence-electron chi connectivity index (χ2n) is 5.90. The second-order valence-corrected chi connectivity index (χ2v) is 6.31. The lowest BCUT2D eigenvalue weighted by molar-refractivity contribution is -0.130. The molecule has 1 aromatic carbocycles. The third-order valence-corrected chi connectivity index (χ3v) is 4.52. The fourth-order valence-corrected chi connectivity index (χ4v) is 2.95. The average molecular weight is 324 g/mol. The SMILES string of the molecule is C[C@@H]1CCCC[C@H]1NC(=O)[C@@H](C)OC(=O)c1ccccc1Cl. The summed E-state index contributed by atoms with van der Waals surface area (Å²) < 4.78 is 5.22. The van der Waals surface area contributed by atoms with E-state index in [0.29, 0.717) is 10.9 Å². The molecule has 0 bridgehead atoms. The number of carbonyl (C=O) groups is 2. The molecule has 1 aliphatic rings. The van der Waals surface area contributed by atoms with Crippen LogP contribution in [0.2, 0.25) is 5.02 Å². The number of esters is 1. The molecule has 0 heterocycles. The maximum Gasteiger partial charge on any atom is 0.340 e. The molecule has 1 aliphatic carbocycles. The van der Waals surface area contributed by atoms with Crippen LogP contribution in [0.5, 0.6) is 0 Å². The van der Waals surface area contributed by atoms with Crippen molar-refractivity contribution in [1.29, 1.82) is 0 Å². The van der Waals surface area contributed by atoms with E-state index in [4.69, 9.17) is 16.3 Å². The van der Waals surface area contributed by atoms with E-state index < -0.39 is 12.1 Å². The number of hydrogen-bond acceptors (Lipinski definition) is 3. The Morgan fingerprint density at radius 2 is 1.95 bits per heavy atom. The number of rotatable bonds is 4. The van der Waals surface area contributed by atoms with Gasteiger partial charge in [-0.25, -0.2) is 4.79 Å². The second kappa shape index (κ2) is 7.63. The molecule has 3 atom stereocenters. The van der Waals surface area contributed by atoms with Crippen molar-refractivity contribution < 1.29 is 14.3 Å². The Hall–Kier alpha value is -1.55. The van der Waals surface area contributed by atoms with Gasteiger partial charge < -0.3 is 10.1 Å². The fourth-order valence-electron chi connectivity index (χ4n) is 2.74. The van der Waals surface area contributed by atoms with Crippen molar-refractivity contribution in [2.75, 3.05) is 0 Å². The third-order valence-electron chi connectivity index (χ3n) is 4.19. The van der Waals surface area contributed by atoms with Gasteiger partial charge in [-0.2, -0.15) is 0 Å². The lowest BCUT2D eigenvalue weighted by Gasteiger charge is -2.30. The molecule has 0 spiro atoms. The molecular weight excluding hydrogens is 302 g/mol. The number of benzene rings is 1. The lowest BCUT2D eigenvalue weighted by Crippen LogP contribution is -2.46. The minimum absolute atomic E-state index is 0.169. The standard InChI is InChI=1S/C17H22ClNO3/c1-11-7-3-6-10-15(11)19-16(20)12(2)22-17(21)13-8-4-5-9-14(13)18/h4-5,8-9,11-12,15H,3,6-7,10H2,1-2H3,(H,19,20)/t11-,12-,15-/m1/s1. The number of hydrogen-bond donors (Lipinski definition) is 1. The summed E-state index contributed by atoms with van der Waals surface area (Å²) in [6, 6.07) is 6.81. The molecule has 0 radical (unpaired) electrons. The largest absolute Gasteiger partial charge is 0.449 e. The van der Waals surface area contributed by atoms with Crippen molar-refractivity contribution in [3.8, 4) is 0 Å². The van der Waals surface area contributed by atoms with Crippen molar-refractivity contribution in [2.24, 2.45) is 5.92 Å². The molecule has 2 rings (SSSR count). The van der Waals surface area contributed by atoms with Crippen LogP contribution in [-0.4, -0.2) is 24.0 Å². The van der Waals surface area contributed by atoms with E-state index in [2.05, 4.69) is 12.2 Å². The maximum atomic E-state index is 12.2. The van der Waals surface area contributed by atoms with Gasteiger partial charge in [-0.1, -0.05) is 43.5 Å². The fraction of sp³-hybridized carbons (Fsp3) is 0.529. The van der Waals surface area contributed by atoms with Gasteiger partial charge in [0.15, 0.2) is 6.10 Å². The van der Waals surface area contributed by atoms with Crippen LogP contribution in [0.15, 0.2) is 24.3 Å². The Bertz CT molecular complexity index is 546. The van der Waals surface area contributed by atoms with Gasteiger partial charge in [-0.15, -0.1) is 0 Å². The van der Waals surface area contributed by atoms with Gasteiger partial charge in [-0.05, 0) is 37.8 Å². The number of ether oxygens (including phenoxy) is 1. The summed E-state index contributed by atoms with van der Waals surface area (Å²) in [6.45, 7) is 3.72. The van der Waals surface area contributed by atoms with E-state index in [1.165, 1.54) is 6.42 Å². The summed E-state index contributed by atoms with van der Waals surface area (Å²) in [7, 11) is 0. The highest BCUT2D eigenvalue weighted by atomic mass is 35.5. The van der Waals surface area contributed by atoms with Gasteiger partial charge in [0.2, 0.25) is 0 Å². The Morgan fingerprint density at radius 3 is 2.64 bits per heavy atom. The first kappa shape index (κ1) is 16.8. The highest BCUT2D eigenvalue weighted by Gasteiger charge is 2.26. The van der Waals surface area contributed by atoms with Gasteiger partial charge in [0, 0.05) is 6.04 Å². The molecule has 1 fully saturated rings. The molecule has 0 unspecified atom stereocenters. The van der Waals surface area contributed by atoms with E-state index in [1.54, 1.807) is 31.2 Å². The summed E-state index contributed by atoms with van der Waals surface area (Å²) in [6.07, 6.45) is 3.61. The maximum absolute atomic E-state index is 12.2. The number of amides is 1. The minimum Gasteiger partial charge on any atom is -0.449 e. The zero-order valence-electron chi connectivity index (χ0n) is 13.0. The lowest BCUT2D eigenvalue weighted by atomic mass is 9.86.